The zero-order valence-corrected chi connectivity index (χ0v) is 12.8. The number of hydrogen-bond acceptors (Lipinski definition) is 5. The van der Waals surface area contributed by atoms with Gasteiger partial charge in [0.05, 0.1) is 5.75 Å². The van der Waals surface area contributed by atoms with Crippen LogP contribution in [0.4, 0.5) is 0 Å². The number of aromatic nitrogens is 3. The first-order valence-corrected chi connectivity index (χ1v) is 7.67. The summed E-state index contributed by atoms with van der Waals surface area (Å²) in [6.45, 7) is 8.53. The highest BCUT2D eigenvalue weighted by Crippen LogP contribution is 2.39. The Balaban J connectivity index is 1.94. The molecule has 0 amide bonds. The van der Waals surface area contributed by atoms with E-state index in [1.165, 1.54) is 24.6 Å². The first-order valence-electron chi connectivity index (χ1n) is 6.68. The lowest BCUT2D eigenvalue weighted by Gasteiger charge is -2.19. The monoisotopic (exact) mass is 283 g/mol. The second-order valence-electron chi connectivity index (χ2n) is 5.73. The summed E-state index contributed by atoms with van der Waals surface area (Å²) in [6, 6.07) is 0. The van der Waals surface area contributed by atoms with Gasteiger partial charge in [0.2, 0.25) is 0 Å². The topological polar surface area (TPSA) is 57.0 Å². The van der Waals surface area contributed by atoms with E-state index < -0.39 is 5.60 Å². The van der Waals surface area contributed by atoms with E-state index in [4.69, 9.17) is 4.74 Å². The van der Waals surface area contributed by atoms with Crippen LogP contribution in [0.3, 0.4) is 0 Å². The van der Waals surface area contributed by atoms with Crippen LogP contribution in [0.1, 0.15) is 52.3 Å². The summed E-state index contributed by atoms with van der Waals surface area (Å²) < 4.78 is 7.39. The minimum atomic E-state index is -0.435. The average molecular weight is 283 g/mol. The molecule has 0 aromatic carbocycles. The van der Waals surface area contributed by atoms with E-state index in [1.54, 1.807) is 0 Å². The molecule has 0 saturated heterocycles. The highest BCUT2D eigenvalue weighted by atomic mass is 32.2. The lowest BCUT2D eigenvalue weighted by molar-refractivity contribution is -0.151. The lowest BCUT2D eigenvalue weighted by atomic mass is 10.2. The number of ether oxygens (including phenoxy) is 1. The number of nitrogens with zero attached hydrogens (tertiary/aromatic N) is 3. The highest BCUT2D eigenvalue weighted by Gasteiger charge is 2.30. The molecule has 1 aromatic heterocycles. The third-order valence-corrected chi connectivity index (χ3v) is 3.68. The van der Waals surface area contributed by atoms with Crippen LogP contribution in [-0.4, -0.2) is 32.1 Å². The van der Waals surface area contributed by atoms with E-state index in [0.717, 1.165) is 17.5 Å². The van der Waals surface area contributed by atoms with Crippen molar-refractivity contribution in [2.24, 2.45) is 0 Å². The Morgan fingerprint density at radius 1 is 1.42 bits per heavy atom. The fraction of sp³-hybridized carbons (Fsp3) is 0.769. The molecular formula is C13H21N3O2S. The fourth-order valence-electron chi connectivity index (χ4n) is 1.84. The molecule has 0 radical (unpaired) electrons. The van der Waals surface area contributed by atoms with E-state index in [1.807, 2.05) is 20.8 Å². The minimum Gasteiger partial charge on any atom is -0.459 e. The quantitative estimate of drug-likeness (QED) is 0.614. The summed E-state index contributed by atoms with van der Waals surface area (Å²) in [6.07, 6.45) is 2.41. The van der Waals surface area contributed by atoms with E-state index >= 15 is 0 Å². The van der Waals surface area contributed by atoms with Crippen molar-refractivity contribution >= 4 is 17.7 Å². The average Bonchev–Trinajstić information content (AvgIpc) is 3.05. The van der Waals surface area contributed by atoms with Gasteiger partial charge in [-0.25, -0.2) is 0 Å². The van der Waals surface area contributed by atoms with E-state index in [9.17, 15) is 4.79 Å². The van der Waals surface area contributed by atoms with Crippen molar-refractivity contribution in [2.45, 2.75) is 63.8 Å². The fourth-order valence-corrected chi connectivity index (χ4v) is 2.62. The molecule has 106 valence electrons. The van der Waals surface area contributed by atoms with Crippen LogP contribution in [0.15, 0.2) is 5.16 Å². The number of carbonyl (C=O) groups is 1. The number of thioether (sulfide) groups is 1. The van der Waals surface area contributed by atoms with Crippen molar-refractivity contribution in [3.63, 3.8) is 0 Å². The van der Waals surface area contributed by atoms with Crippen LogP contribution in [-0.2, 0) is 16.1 Å². The number of esters is 1. The van der Waals surface area contributed by atoms with Crippen molar-refractivity contribution in [3.05, 3.63) is 5.82 Å². The molecule has 0 bridgehead atoms. The summed E-state index contributed by atoms with van der Waals surface area (Å²) in [5.41, 5.74) is -0.435. The Labute approximate surface area is 118 Å². The molecule has 0 spiro atoms. The molecule has 1 aromatic rings. The minimum absolute atomic E-state index is 0.212. The Morgan fingerprint density at radius 3 is 2.63 bits per heavy atom. The molecule has 1 aliphatic carbocycles. The van der Waals surface area contributed by atoms with Gasteiger partial charge in [-0.15, -0.1) is 10.2 Å². The molecule has 6 heteroatoms. The number of rotatable bonds is 5. The molecule has 0 atom stereocenters. The second-order valence-corrected chi connectivity index (χ2v) is 6.68. The maximum absolute atomic E-state index is 11.7. The zero-order chi connectivity index (χ0) is 14.0. The maximum Gasteiger partial charge on any atom is 0.316 e. The molecule has 0 unspecified atom stereocenters. The van der Waals surface area contributed by atoms with Gasteiger partial charge < -0.3 is 9.30 Å². The van der Waals surface area contributed by atoms with Crippen molar-refractivity contribution < 1.29 is 9.53 Å². The molecule has 19 heavy (non-hydrogen) atoms. The Hall–Kier alpha value is -1.04. The van der Waals surface area contributed by atoms with Gasteiger partial charge in [-0.2, -0.15) is 0 Å². The van der Waals surface area contributed by atoms with Crippen LogP contribution in [0.5, 0.6) is 0 Å². The Morgan fingerprint density at radius 2 is 2.11 bits per heavy atom. The number of carbonyl (C=O) groups excluding carboxylic acids is 1. The van der Waals surface area contributed by atoms with E-state index in [0.29, 0.717) is 5.92 Å². The molecular weight excluding hydrogens is 262 g/mol. The first-order chi connectivity index (χ1) is 8.90. The molecule has 0 N–H and O–H groups in total. The Bertz CT molecular complexity index is 461. The van der Waals surface area contributed by atoms with E-state index in [2.05, 4.69) is 21.7 Å². The van der Waals surface area contributed by atoms with Gasteiger partial charge >= 0.3 is 5.97 Å². The zero-order valence-electron chi connectivity index (χ0n) is 12.0. The second kappa shape index (κ2) is 5.53. The van der Waals surface area contributed by atoms with Crippen molar-refractivity contribution in [3.8, 4) is 0 Å². The van der Waals surface area contributed by atoms with Crippen LogP contribution in [0.2, 0.25) is 0 Å². The normalized spacial score (nSPS) is 15.6. The predicted octanol–water partition coefficient (Wildman–Crippen LogP) is 2.61. The van der Waals surface area contributed by atoms with Gasteiger partial charge in [0, 0.05) is 12.5 Å². The summed E-state index contributed by atoms with van der Waals surface area (Å²) in [5, 5.41) is 9.24. The van der Waals surface area contributed by atoms with Crippen molar-refractivity contribution in [2.75, 3.05) is 5.75 Å². The van der Waals surface area contributed by atoms with Gasteiger partial charge in [0.1, 0.15) is 11.4 Å². The molecule has 0 aliphatic heterocycles. The van der Waals surface area contributed by atoms with E-state index in [-0.39, 0.29) is 11.7 Å². The van der Waals surface area contributed by atoms with Gasteiger partial charge in [-0.3, -0.25) is 4.79 Å². The summed E-state index contributed by atoms with van der Waals surface area (Å²) >= 11 is 1.40. The van der Waals surface area contributed by atoms with Crippen LogP contribution in [0.25, 0.3) is 0 Å². The van der Waals surface area contributed by atoms with Crippen LogP contribution in [0, 0.1) is 0 Å². The first kappa shape index (κ1) is 14.4. The smallest absolute Gasteiger partial charge is 0.316 e. The van der Waals surface area contributed by atoms with Crippen LogP contribution >= 0.6 is 11.8 Å². The third kappa shape index (κ3) is 3.96. The maximum atomic E-state index is 11.7. The standard InChI is InChI=1S/C13H21N3O2S/c1-5-16-11(9-6-7-9)14-15-12(16)19-8-10(17)18-13(2,3)4/h9H,5-8H2,1-4H3. The van der Waals surface area contributed by atoms with Gasteiger partial charge in [0.25, 0.3) is 0 Å². The van der Waals surface area contributed by atoms with Crippen molar-refractivity contribution in [1.82, 2.24) is 14.8 Å². The molecule has 1 aliphatic rings. The highest BCUT2D eigenvalue weighted by molar-refractivity contribution is 7.99. The summed E-state index contributed by atoms with van der Waals surface area (Å²) in [5.74, 6) is 1.70. The SMILES string of the molecule is CCn1c(SCC(=O)OC(C)(C)C)nnc1C1CC1. The molecule has 1 saturated carbocycles. The van der Waals surface area contributed by atoms with Gasteiger partial charge in [0.15, 0.2) is 5.16 Å². The lowest BCUT2D eigenvalue weighted by Crippen LogP contribution is -2.25. The summed E-state index contributed by atoms with van der Waals surface area (Å²) in [7, 11) is 0. The molecule has 5 nitrogen and oxygen atoms in total. The van der Waals surface area contributed by atoms with Gasteiger partial charge in [-0.1, -0.05) is 11.8 Å². The molecule has 2 rings (SSSR count). The van der Waals surface area contributed by atoms with Crippen LogP contribution < -0.4 is 0 Å². The summed E-state index contributed by atoms with van der Waals surface area (Å²) in [4.78, 5) is 11.7. The Kier molecular flexibility index (Phi) is 4.18. The predicted molar refractivity (Wildman–Crippen MR) is 74.2 cm³/mol. The third-order valence-electron chi connectivity index (χ3n) is 2.74. The molecule has 1 fully saturated rings. The molecule has 1 heterocycles. The largest absolute Gasteiger partial charge is 0.459 e. The van der Waals surface area contributed by atoms with Gasteiger partial charge in [-0.05, 0) is 40.5 Å². The number of hydrogen-bond donors (Lipinski definition) is 0. The van der Waals surface area contributed by atoms with Crippen molar-refractivity contribution in [1.29, 1.82) is 0 Å².